The van der Waals surface area contributed by atoms with E-state index in [9.17, 15) is 8.42 Å². The Balaban J connectivity index is 2.42. The predicted molar refractivity (Wildman–Crippen MR) is 81.1 cm³/mol. The second-order valence-electron chi connectivity index (χ2n) is 3.92. The number of anilines is 1. The van der Waals surface area contributed by atoms with E-state index in [0.29, 0.717) is 10.2 Å². The molecule has 0 aliphatic rings. The summed E-state index contributed by atoms with van der Waals surface area (Å²) in [5.74, 6) is 0.140. The Labute approximate surface area is 134 Å². The van der Waals surface area contributed by atoms with Gasteiger partial charge in [0.25, 0.3) is 10.0 Å². The lowest BCUT2D eigenvalue weighted by Gasteiger charge is -2.09. The normalized spacial score (nSPS) is 11.2. The van der Waals surface area contributed by atoms with Crippen LogP contribution in [-0.4, -0.2) is 30.5 Å². The fourth-order valence-corrected chi connectivity index (χ4v) is 3.35. The van der Waals surface area contributed by atoms with Crippen molar-refractivity contribution in [2.75, 3.05) is 11.8 Å². The van der Waals surface area contributed by atoms with E-state index >= 15 is 0 Å². The van der Waals surface area contributed by atoms with Crippen molar-refractivity contribution in [2.45, 2.75) is 11.8 Å². The Bertz CT molecular complexity index is 785. The lowest BCUT2D eigenvalue weighted by atomic mass is 10.4. The molecule has 2 heterocycles. The molecule has 0 bridgehead atoms. The van der Waals surface area contributed by atoms with Gasteiger partial charge in [0.15, 0.2) is 0 Å². The van der Waals surface area contributed by atoms with Crippen molar-refractivity contribution in [1.29, 1.82) is 0 Å². The van der Waals surface area contributed by atoms with Gasteiger partial charge in [-0.2, -0.15) is 4.98 Å². The number of ether oxygens (including phenoxy) is 1. The fourth-order valence-electron chi connectivity index (χ4n) is 1.46. The van der Waals surface area contributed by atoms with E-state index in [1.165, 1.54) is 19.4 Å². The molecule has 2 aromatic heterocycles. The van der Waals surface area contributed by atoms with Crippen LogP contribution in [0.1, 0.15) is 5.69 Å². The molecule has 0 amide bonds. The molecule has 0 fully saturated rings. The standard InChI is InChI=1S/C11H10BrClN4O3S/c1-6-3-9(20-2)16-11(15-6)17-21(18,19)8-4-7(12)5-14-10(8)13/h3-5H,1-2H3,(H,15,16,17). The molecule has 2 rings (SSSR count). The van der Waals surface area contributed by atoms with E-state index in [4.69, 9.17) is 16.3 Å². The first-order valence-electron chi connectivity index (χ1n) is 5.55. The van der Waals surface area contributed by atoms with Crippen molar-refractivity contribution in [3.63, 3.8) is 0 Å². The maximum atomic E-state index is 12.3. The number of methoxy groups -OCH3 is 1. The first-order valence-corrected chi connectivity index (χ1v) is 8.21. The second-order valence-corrected chi connectivity index (χ2v) is 6.85. The van der Waals surface area contributed by atoms with Crippen LogP contribution in [0, 0.1) is 6.92 Å². The summed E-state index contributed by atoms with van der Waals surface area (Å²) in [5, 5.41) is -0.148. The Kier molecular flexibility index (Phi) is 4.64. The number of hydrogen-bond donors (Lipinski definition) is 1. The Morgan fingerprint density at radius 1 is 1.33 bits per heavy atom. The molecule has 21 heavy (non-hydrogen) atoms. The van der Waals surface area contributed by atoms with Crippen LogP contribution < -0.4 is 9.46 Å². The van der Waals surface area contributed by atoms with E-state index in [-0.39, 0.29) is 21.9 Å². The van der Waals surface area contributed by atoms with Crippen molar-refractivity contribution < 1.29 is 13.2 Å². The number of rotatable bonds is 4. The van der Waals surface area contributed by atoms with E-state index in [2.05, 4.69) is 35.6 Å². The highest BCUT2D eigenvalue weighted by Crippen LogP contribution is 2.24. The van der Waals surface area contributed by atoms with Gasteiger partial charge in [-0.1, -0.05) is 11.6 Å². The first kappa shape index (κ1) is 15.9. The largest absolute Gasteiger partial charge is 0.481 e. The molecule has 0 aliphatic heterocycles. The summed E-state index contributed by atoms with van der Waals surface area (Å²) >= 11 is 8.96. The van der Waals surface area contributed by atoms with Crippen LogP contribution in [0.25, 0.3) is 0 Å². The average molecular weight is 394 g/mol. The summed E-state index contributed by atoms with van der Waals surface area (Å²) in [5.41, 5.74) is 0.554. The number of nitrogens with zero attached hydrogens (tertiary/aromatic N) is 3. The summed E-state index contributed by atoms with van der Waals surface area (Å²) in [6, 6.07) is 2.91. The number of aromatic nitrogens is 3. The van der Waals surface area contributed by atoms with Gasteiger partial charge in [0.05, 0.1) is 7.11 Å². The van der Waals surface area contributed by atoms with Gasteiger partial charge in [-0.25, -0.2) is 23.1 Å². The highest BCUT2D eigenvalue weighted by Gasteiger charge is 2.21. The van der Waals surface area contributed by atoms with Gasteiger partial charge < -0.3 is 4.74 Å². The third-order valence-electron chi connectivity index (χ3n) is 2.33. The van der Waals surface area contributed by atoms with Crippen molar-refractivity contribution in [1.82, 2.24) is 15.0 Å². The smallest absolute Gasteiger partial charge is 0.267 e. The Hall–Kier alpha value is -1.45. The SMILES string of the molecule is COc1cc(C)nc(NS(=O)(=O)c2cc(Br)cnc2Cl)n1. The molecular weight excluding hydrogens is 384 g/mol. The number of pyridine rings is 1. The van der Waals surface area contributed by atoms with Crippen molar-refractivity contribution in [2.24, 2.45) is 0 Å². The van der Waals surface area contributed by atoms with Crippen LogP contribution >= 0.6 is 27.5 Å². The zero-order valence-corrected chi connectivity index (χ0v) is 14.1. The third-order valence-corrected chi connectivity index (χ3v) is 4.52. The molecule has 0 radical (unpaired) electrons. The zero-order valence-electron chi connectivity index (χ0n) is 11.0. The first-order chi connectivity index (χ1) is 9.81. The summed E-state index contributed by atoms with van der Waals surface area (Å²) in [6.45, 7) is 1.69. The van der Waals surface area contributed by atoms with E-state index in [1.807, 2.05) is 0 Å². The van der Waals surface area contributed by atoms with Crippen LogP contribution in [0.15, 0.2) is 27.7 Å². The molecule has 0 aromatic carbocycles. The van der Waals surface area contributed by atoms with Crippen molar-refractivity contribution >= 4 is 43.5 Å². The third kappa shape index (κ3) is 3.80. The van der Waals surface area contributed by atoms with Gasteiger partial charge in [0.1, 0.15) is 10.0 Å². The molecule has 0 saturated heterocycles. The maximum absolute atomic E-state index is 12.3. The summed E-state index contributed by atoms with van der Waals surface area (Å²) in [4.78, 5) is 11.5. The molecule has 0 unspecified atom stereocenters. The number of nitrogens with one attached hydrogen (secondary N) is 1. The molecule has 10 heteroatoms. The lowest BCUT2D eigenvalue weighted by Crippen LogP contribution is -2.16. The van der Waals surface area contributed by atoms with Crippen LogP contribution in [0.4, 0.5) is 5.95 Å². The van der Waals surface area contributed by atoms with Gasteiger partial charge in [-0.05, 0) is 28.9 Å². The van der Waals surface area contributed by atoms with Gasteiger partial charge in [-0.15, -0.1) is 0 Å². The number of aryl methyl sites for hydroxylation is 1. The molecule has 2 aromatic rings. The maximum Gasteiger partial charge on any atom is 0.267 e. The highest BCUT2D eigenvalue weighted by atomic mass is 79.9. The van der Waals surface area contributed by atoms with Crippen LogP contribution in [0.3, 0.4) is 0 Å². The summed E-state index contributed by atoms with van der Waals surface area (Å²) < 4.78 is 32.3. The molecule has 1 N–H and O–H groups in total. The minimum atomic E-state index is -3.96. The monoisotopic (exact) mass is 392 g/mol. The quantitative estimate of drug-likeness (QED) is 0.802. The summed E-state index contributed by atoms with van der Waals surface area (Å²) in [6.07, 6.45) is 1.40. The molecule has 0 atom stereocenters. The molecule has 0 saturated carbocycles. The molecule has 0 spiro atoms. The van der Waals surface area contributed by atoms with Gasteiger partial charge >= 0.3 is 0 Å². The average Bonchev–Trinajstić information content (AvgIpc) is 2.40. The number of sulfonamides is 1. The zero-order chi connectivity index (χ0) is 15.6. The molecule has 7 nitrogen and oxygen atoms in total. The van der Waals surface area contributed by atoms with E-state index in [1.54, 1.807) is 13.0 Å². The molecule has 0 aliphatic carbocycles. The number of hydrogen-bond acceptors (Lipinski definition) is 6. The molecular formula is C11H10BrClN4O3S. The Morgan fingerprint density at radius 2 is 2.05 bits per heavy atom. The van der Waals surface area contributed by atoms with Crippen LogP contribution in [-0.2, 0) is 10.0 Å². The van der Waals surface area contributed by atoms with E-state index in [0.717, 1.165) is 0 Å². The van der Waals surface area contributed by atoms with Gasteiger partial charge in [0, 0.05) is 22.4 Å². The second kappa shape index (κ2) is 6.12. The minimum absolute atomic E-state index is 0.108. The van der Waals surface area contributed by atoms with Gasteiger partial charge in [0.2, 0.25) is 11.8 Å². The fraction of sp³-hybridized carbons (Fsp3) is 0.182. The predicted octanol–water partition coefficient (Wildman–Crippen LogP) is 2.41. The van der Waals surface area contributed by atoms with Crippen molar-refractivity contribution in [3.8, 4) is 5.88 Å². The molecule has 112 valence electrons. The summed E-state index contributed by atoms with van der Waals surface area (Å²) in [7, 11) is -2.54. The topological polar surface area (TPSA) is 94.1 Å². The number of halogens is 2. The van der Waals surface area contributed by atoms with Crippen LogP contribution in [0.5, 0.6) is 5.88 Å². The van der Waals surface area contributed by atoms with E-state index < -0.39 is 10.0 Å². The minimum Gasteiger partial charge on any atom is -0.481 e. The van der Waals surface area contributed by atoms with Crippen LogP contribution in [0.2, 0.25) is 5.15 Å². The highest BCUT2D eigenvalue weighted by molar-refractivity contribution is 9.10. The van der Waals surface area contributed by atoms with Gasteiger partial charge in [-0.3, -0.25) is 0 Å². The lowest BCUT2D eigenvalue weighted by molar-refractivity contribution is 0.397. The van der Waals surface area contributed by atoms with Crippen molar-refractivity contribution in [3.05, 3.63) is 33.6 Å². The Morgan fingerprint density at radius 3 is 2.71 bits per heavy atom.